The Morgan fingerprint density at radius 3 is 2.73 bits per heavy atom. The number of carbonyl (C=O) groups excluding carboxylic acids is 1. The molecular weight excluding hydrogens is 302 g/mol. The highest BCUT2D eigenvalue weighted by Gasteiger charge is 2.26. The zero-order chi connectivity index (χ0) is 15.4. The summed E-state index contributed by atoms with van der Waals surface area (Å²) in [4.78, 5) is 20.5. The largest absolute Gasteiger partial charge is 0.352 e. The molecule has 0 atom stereocenters. The van der Waals surface area contributed by atoms with Crippen molar-refractivity contribution in [2.75, 3.05) is 44.7 Å². The Labute approximate surface area is 134 Å². The first-order chi connectivity index (χ1) is 10.8. The summed E-state index contributed by atoms with van der Waals surface area (Å²) in [7, 11) is 1.56. The third kappa shape index (κ3) is 3.80. The lowest BCUT2D eigenvalue weighted by Crippen LogP contribution is -2.47. The molecule has 122 valence electrons. The smallest absolute Gasteiger partial charge is 0.292 e. The predicted octanol–water partition coefficient (Wildman–Crippen LogP) is 0.442. The van der Waals surface area contributed by atoms with Crippen LogP contribution in [0.5, 0.6) is 0 Å². The molecule has 0 radical (unpaired) electrons. The maximum absolute atomic E-state index is 11.4. The Hall–Kier alpha value is -1.12. The lowest BCUT2D eigenvalue weighted by Gasteiger charge is -2.39. The third-order valence-corrected chi connectivity index (χ3v) is 5.32. The van der Waals surface area contributed by atoms with Crippen LogP contribution in [0.25, 0.3) is 0 Å². The SMILES string of the molecule is CNC(=O)c1noc(CN2CCC(N3CCSCC3)CC2)n1. The Morgan fingerprint density at radius 1 is 1.32 bits per heavy atom. The first kappa shape index (κ1) is 15.8. The Morgan fingerprint density at radius 2 is 2.05 bits per heavy atom. The van der Waals surface area contributed by atoms with Gasteiger partial charge < -0.3 is 9.84 Å². The fraction of sp³-hybridized carbons (Fsp3) is 0.786. The molecule has 2 saturated heterocycles. The van der Waals surface area contributed by atoms with Crippen molar-refractivity contribution in [3.05, 3.63) is 11.7 Å². The third-order valence-electron chi connectivity index (χ3n) is 4.38. The highest BCUT2D eigenvalue weighted by Crippen LogP contribution is 2.21. The molecule has 8 heteroatoms. The van der Waals surface area contributed by atoms with Crippen LogP contribution in [0.15, 0.2) is 4.52 Å². The van der Waals surface area contributed by atoms with E-state index in [1.54, 1.807) is 7.05 Å². The summed E-state index contributed by atoms with van der Waals surface area (Å²) in [5.74, 6) is 2.86. The van der Waals surface area contributed by atoms with Gasteiger partial charge in [0.2, 0.25) is 5.89 Å². The van der Waals surface area contributed by atoms with E-state index in [4.69, 9.17) is 4.52 Å². The summed E-state index contributed by atoms with van der Waals surface area (Å²) in [5, 5.41) is 6.20. The number of thioether (sulfide) groups is 1. The average molecular weight is 325 g/mol. The Bertz CT molecular complexity index is 495. The number of aromatic nitrogens is 2. The van der Waals surface area contributed by atoms with Gasteiger partial charge in [-0.2, -0.15) is 16.7 Å². The van der Waals surface area contributed by atoms with E-state index in [0.717, 1.165) is 19.1 Å². The van der Waals surface area contributed by atoms with Crippen LogP contribution >= 0.6 is 11.8 Å². The van der Waals surface area contributed by atoms with Gasteiger partial charge in [0, 0.05) is 50.8 Å². The van der Waals surface area contributed by atoms with Gasteiger partial charge in [0.1, 0.15) is 0 Å². The maximum atomic E-state index is 11.4. The molecular formula is C14H23N5O2S. The summed E-state index contributed by atoms with van der Waals surface area (Å²) in [6.07, 6.45) is 2.39. The predicted molar refractivity (Wildman–Crippen MR) is 84.9 cm³/mol. The molecule has 2 fully saturated rings. The quantitative estimate of drug-likeness (QED) is 0.861. The average Bonchev–Trinajstić information content (AvgIpc) is 3.04. The van der Waals surface area contributed by atoms with Crippen LogP contribution < -0.4 is 5.32 Å². The first-order valence-corrected chi connectivity index (χ1v) is 9.00. The molecule has 1 N–H and O–H groups in total. The van der Waals surface area contributed by atoms with Gasteiger partial charge >= 0.3 is 0 Å². The standard InChI is InChI=1S/C14H23N5O2S/c1-15-14(20)13-16-12(21-17-13)10-18-4-2-11(3-5-18)19-6-8-22-9-7-19/h11H,2-10H2,1H3,(H,15,20). The van der Waals surface area contributed by atoms with Gasteiger partial charge in [0.05, 0.1) is 6.54 Å². The monoisotopic (exact) mass is 325 g/mol. The number of nitrogens with zero attached hydrogens (tertiary/aromatic N) is 4. The van der Waals surface area contributed by atoms with E-state index < -0.39 is 0 Å². The van der Waals surface area contributed by atoms with Crippen molar-refractivity contribution in [1.82, 2.24) is 25.3 Å². The van der Waals surface area contributed by atoms with Crippen molar-refractivity contribution < 1.29 is 9.32 Å². The molecule has 1 amide bonds. The van der Waals surface area contributed by atoms with E-state index in [1.165, 1.54) is 37.4 Å². The lowest BCUT2D eigenvalue weighted by molar-refractivity contribution is 0.0949. The summed E-state index contributed by atoms with van der Waals surface area (Å²) in [5.41, 5.74) is 0. The molecule has 1 aromatic rings. The number of rotatable bonds is 4. The van der Waals surface area contributed by atoms with Gasteiger partial charge in [-0.1, -0.05) is 5.16 Å². The molecule has 0 aromatic carbocycles. The second-order valence-electron chi connectivity index (χ2n) is 5.75. The molecule has 1 aromatic heterocycles. The minimum atomic E-state index is -0.309. The first-order valence-electron chi connectivity index (χ1n) is 7.85. The van der Waals surface area contributed by atoms with Crippen molar-refractivity contribution in [3.63, 3.8) is 0 Å². The molecule has 0 aliphatic carbocycles. The van der Waals surface area contributed by atoms with E-state index >= 15 is 0 Å². The Kier molecular flexibility index (Phi) is 5.32. The highest BCUT2D eigenvalue weighted by atomic mass is 32.2. The Balaban J connectivity index is 1.47. The van der Waals surface area contributed by atoms with E-state index in [-0.39, 0.29) is 11.7 Å². The van der Waals surface area contributed by atoms with Gasteiger partial charge in [0.15, 0.2) is 0 Å². The van der Waals surface area contributed by atoms with Crippen molar-refractivity contribution in [2.24, 2.45) is 0 Å². The minimum Gasteiger partial charge on any atom is -0.352 e. The van der Waals surface area contributed by atoms with Crippen LogP contribution in [0.1, 0.15) is 29.4 Å². The maximum Gasteiger partial charge on any atom is 0.292 e. The van der Waals surface area contributed by atoms with Crippen LogP contribution in [0, 0.1) is 0 Å². The van der Waals surface area contributed by atoms with Crippen molar-refractivity contribution in [1.29, 1.82) is 0 Å². The van der Waals surface area contributed by atoms with E-state index in [1.807, 2.05) is 0 Å². The van der Waals surface area contributed by atoms with E-state index in [9.17, 15) is 4.79 Å². The van der Waals surface area contributed by atoms with Crippen molar-refractivity contribution in [2.45, 2.75) is 25.4 Å². The molecule has 0 unspecified atom stereocenters. The van der Waals surface area contributed by atoms with E-state index in [2.05, 4.69) is 37.0 Å². The summed E-state index contributed by atoms with van der Waals surface area (Å²) in [6.45, 7) is 5.19. The van der Waals surface area contributed by atoms with Crippen LogP contribution in [0.3, 0.4) is 0 Å². The van der Waals surface area contributed by atoms with Crippen LogP contribution in [-0.2, 0) is 6.54 Å². The fourth-order valence-electron chi connectivity index (χ4n) is 3.10. The number of carbonyl (C=O) groups is 1. The molecule has 0 bridgehead atoms. The van der Waals surface area contributed by atoms with Gasteiger partial charge in [-0.15, -0.1) is 0 Å². The zero-order valence-electron chi connectivity index (χ0n) is 13.0. The van der Waals surface area contributed by atoms with Gasteiger partial charge in [-0.25, -0.2) is 0 Å². The number of amides is 1. The van der Waals surface area contributed by atoms with Crippen molar-refractivity contribution in [3.8, 4) is 0 Å². The number of hydrogen-bond donors (Lipinski definition) is 1. The second kappa shape index (κ2) is 7.43. The number of piperidine rings is 1. The zero-order valence-corrected chi connectivity index (χ0v) is 13.8. The molecule has 0 saturated carbocycles. The van der Waals surface area contributed by atoms with Gasteiger partial charge in [0.25, 0.3) is 11.7 Å². The minimum absolute atomic E-state index is 0.109. The summed E-state index contributed by atoms with van der Waals surface area (Å²) in [6, 6.07) is 0.723. The van der Waals surface area contributed by atoms with Crippen LogP contribution in [0.4, 0.5) is 0 Å². The molecule has 0 spiro atoms. The van der Waals surface area contributed by atoms with Gasteiger partial charge in [-0.3, -0.25) is 14.6 Å². The van der Waals surface area contributed by atoms with E-state index in [0.29, 0.717) is 12.4 Å². The lowest BCUT2D eigenvalue weighted by atomic mass is 10.0. The summed E-state index contributed by atoms with van der Waals surface area (Å²) >= 11 is 2.06. The number of hydrogen-bond acceptors (Lipinski definition) is 7. The molecule has 2 aliphatic rings. The molecule has 2 aliphatic heterocycles. The number of likely N-dealkylation sites (tertiary alicyclic amines) is 1. The normalized spacial score (nSPS) is 21.9. The summed E-state index contributed by atoms with van der Waals surface area (Å²) < 4.78 is 5.16. The number of nitrogens with one attached hydrogen (secondary N) is 1. The van der Waals surface area contributed by atoms with Crippen LogP contribution in [0.2, 0.25) is 0 Å². The highest BCUT2D eigenvalue weighted by molar-refractivity contribution is 7.99. The molecule has 7 nitrogen and oxygen atoms in total. The molecule has 22 heavy (non-hydrogen) atoms. The van der Waals surface area contributed by atoms with Crippen molar-refractivity contribution >= 4 is 17.7 Å². The van der Waals surface area contributed by atoms with Crippen LogP contribution in [-0.4, -0.2) is 76.6 Å². The fourth-order valence-corrected chi connectivity index (χ4v) is 4.03. The topological polar surface area (TPSA) is 74.5 Å². The molecule has 3 heterocycles. The second-order valence-corrected chi connectivity index (χ2v) is 6.97. The van der Waals surface area contributed by atoms with Gasteiger partial charge in [-0.05, 0) is 12.8 Å². The molecule has 3 rings (SSSR count).